The molecule has 3 nitrogen and oxygen atoms in total. The lowest BCUT2D eigenvalue weighted by Gasteiger charge is -2.21. The van der Waals surface area contributed by atoms with Gasteiger partial charge in [0, 0.05) is 25.0 Å². The molecule has 0 unspecified atom stereocenters. The molecule has 1 heterocycles. The Balaban J connectivity index is 2.41. The van der Waals surface area contributed by atoms with Crippen molar-refractivity contribution >= 4 is 11.5 Å². The van der Waals surface area contributed by atoms with Crippen molar-refractivity contribution < 1.29 is 4.39 Å². The van der Waals surface area contributed by atoms with E-state index in [4.69, 9.17) is 4.98 Å². The molecular formula is C17H22FN3. The second-order valence-electron chi connectivity index (χ2n) is 5.48. The van der Waals surface area contributed by atoms with Gasteiger partial charge in [-0.25, -0.2) is 9.37 Å². The monoisotopic (exact) mass is 287 g/mol. The van der Waals surface area contributed by atoms with Gasteiger partial charge in [-0.2, -0.15) is 0 Å². The molecule has 0 aliphatic carbocycles. The van der Waals surface area contributed by atoms with Gasteiger partial charge in [0.15, 0.2) is 0 Å². The Bertz CT molecular complexity index is 611. The quantitative estimate of drug-likeness (QED) is 0.906. The molecule has 0 bridgehead atoms. The Morgan fingerprint density at radius 2 is 2.00 bits per heavy atom. The van der Waals surface area contributed by atoms with Crippen molar-refractivity contribution in [1.82, 2.24) is 10.3 Å². The van der Waals surface area contributed by atoms with Gasteiger partial charge in [-0.3, -0.25) is 0 Å². The third-order valence-corrected chi connectivity index (χ3v) is 3.40. The number of benzene rings is 1. The van der Waals surface area contributed by atoms with E-state index in [1.807, 2.05) is 31.1 Å². The summed E-state index contributed by atoms with van der Waals surface area (Å²) in [6.45, 7) is 5.03. The van der Waals surface area contributed by atoms with Crippen molar-refractivity contribution in [2.45, 2.75) is 26.3 Å². The van der Waals surface area contributed by atoms with Crippen LogP contribution < -0.4 is 10.2 Å². The summed E-state index contributed by atoms with van der Waals surface area (Å²) in [5.74, 6) is 0.938. The number of halogens is 1. The van der Waals surface area contributed by atoms with Crippen LogP contribution in [-0.4, -0.2) is 19.1 Å². The lowest BCUT2D eigenvalue weighted by molar-refractivity contribution is 0.628. The normalized spacial score (nSPS) is 11.0. The predicted octanol–water partition coefficient (Wildman–Crippen LogP) is 3.83. The maximum Gasteiger partial charge on any atom is 0.133 e. The first-order valence-electron chi connectivity index (χ1n) is 7.16. The Labute approximate surface area is 125 Å². The average Bonchev–Trinajstić information content (AvgIpc) is 2.46. The van der Waals surface area contributed by atoms with Gasteiger partial charge >= 0.3 is 0 Å². The molecule has 0 saturated carbocycles. The van der Waals surface area contributed by atoms with Crippen molar-refractivity contribution in [2.24, 2.45) is 0 Å². The lowest BCUT2D eigenvalue weighted by atomic mass is 10.1. The molecule has 2 aromatic rings. The minimum absolute atomic E-state index is 0.241. The molecule has 4 heteroatoms. The fourth-order valence-electron chi connectivity index (χ4n) is 2.19. The van der Waals surface area contributed by atoms with Crippen LogP contribution in [0.4, 0.5) is 15.9 Å². The van der Waals surface area contributed by atoms with E-state index < -0.39 is 0 Å². The largest absolute Gasteiger partial charge is 0.329 e. The first-order chi connectivity index (χ1) is 10.0. The average molecular weight is 287 g/mol. The third-order valence-electron chi connectivity index (χ3n) is 3.40. The molecule has 21 heavy (non-hydrogen) atoms. The van der Waals surface area contributed by atoms with Gasteiger partial charge in [0.05, 0.1) is 0 Å². The van der Waals surface area contributed by atoms with Crippen LogP contribution in [-0.2, 0) is 6.54 Å². The summed E-state index contributed by atoms with van der Waals surface area (Å²) in [7, 11) is 3.83. The zero-order valence-electron chi connectivity index (χ0n) is 13.0. The lowest BCUT2D eigenvalue weighted by Crippen LogP contribution is -2.14. The van der Waals surface area contributed by atoms with Gasteiger partial charge in [0.1, 0.15) is 11.6 Å². The topological polar surface area (TPSA) is 28.2 Å². The SMILES string of the molecule is CNCc1cc(C(C)C)nc(N(C)c2cccc(F)c2)c1. The van der Waals surface area contributed by atoms with Gasteiger partial charge in [0.25, 0.3) is 0 Å². The molecule has 0 aliphatic heterocycles. The van der Waals surface area contributed by atoms with E-state index in [1.54, 1.807) is 6.07 Å². The molecule has 0 spiro atoms. The van der Waals surface area contributed by atoms with Gasteiger partial charge < -0.3 is 10.2 Å². The molecule has 112 valence electrons. The van der Waals surface area contributed by atoms with Crippen molar-refractivity contribution in [3.8, 4) is 0 Å². The number of hydrogen-bond donors (Lipinski definition) is 1. The van der Waals surface area contributed by atoms with E-state index in [-0.39, 0.29) is 5.82 Å². The van der Waals surface area contributed by atoms with Crippen LogP contribution in [0.15, 0.2) is 36.4 Å². The van der Waals surface area contributed by atoms with Crippen molar-refractivity contribution in [2.75, 3.05) is 19.0 Å². The molecule has 0 radical (unpaired) electrons. The van der Waals surface area contributed by atoms with Crippen molar-refractivity contribution in [1.29, 1.82) is 0 Å². The number of pyridine rings is 1. The van der Waals surface area contributed by atoms with Crippen LogP contribution in [0.25, 0.3) is 0 Å². The van der Waals surface area contributed by atoms with Crippen molar-refractivity contribution in [3.63, 3.8) is 0 Å². The number of rotatable bonds is 5. The molecule has 0 aliphatic rings. The highest BCUT2D eigenvalue weighted by atomic mass is 19.1. The molecule has 1 N–H and O–H groups in total. The van der Waals surface area contributed by atoms with Crippen molar-refractivity contribution in [3.05, 3.63) is 53.5 Å². The predicted molar refractivity (Wildman–Crippen MR) is 85.6 cm³/mol. The summed E-state index contributed by atoms with van der Waals surface area (Å²) in [4.78, 5) is 6.61. The third kappa shape index (κ3) is 3.79. The highest BCUT2D eigenvalue weighted by Gasteiger charge is 2.11. The fraction of sp³-hybridized carbons (Fsp3) is 0.353. The highest BCUT2D eigenvalue weighted by molar-refractivity contribution is 5.60. The first-order valence-corrected chi connectivity index (χ1v) is 7.16. The molecule has 0 fully saturated rings. The van der Waals surface area contributed by atoms with Gasteiger partial charge in [0.2, 0.25) is 0 Å². The van der Waals surface area contributed by atoms with E-state index in [1.165, 1.54) is 17.7 Å². The minimum Gasteiger partial charge on any atom is -0.329 e. The maximum atomic E-state index is 13.4. The van der Waals surface area contributed by atoms with Crippen LogP contribution in [0.2, 0.25) is 0 Å². The van der Waals surface area contributed by atoms with E-state index in [9.17, 15) is 4.39 Å². The minimum atomic E-state index is -0.241. The Morgan fingerprint density at radius 3 is 2.62 bits per heavy atom. The number of nitrogens with one attached hydrogen (secondary N) is 1. The standard InChI is InChI=1S/C17H22FN3/c1-12(2)16-8-13(11-19-3)9-17(20-16)21(4)15-7-5-6-14(18)10-15/h5-10,12,19H,11H2,1-4H3. The molecule has 1 aromatic carbocycles. The van der Waals surface area contributed by atoms with E-state index in [0.717, 1.165) is 23.7 Å². The van der Waals surface area contributed by atoms with Crippen LogP contribution in [0.3, 0.4) is 0 Å². The number of aromatic nitrogens is 1. The molecule has 0 amide bonds. The Morgan fingerprint density at radius 1 is 1.24 bits per heavy atom. The fourth-order valence-corrected chi connectivity index (χ4v) is 2.19. The van der Waals surface area contributed by atoms with Crippen LogP contribution in [0.5, 0.6) is 0 Å². The second kappa shape index (κ2) is 6.68. The van der Waals surface area contributed by atoms with Gasteiger partial charge in [-0.1, -0.05) is 19.9 Å². The van der Waals surface area contributed by atoms with Gasteiger partial charge in [-0.05, 0) is 48.9 Å². The molecule has 1 aromatic heterocycles. The Hall–Kier alpha value is -1.94. The number of hydrogen-bond acceptors (Lipinski definition) is 3. The maximum absolute atomic E-state index is 13.4. The van der Waals surface area contributed by atoms with E-state index >= 15 is 0 Å². The number of nitrogens with zero attached hydrogens (tertiary/aromatic N) is 2. The summed E-state index contributed by atoms with van der Waals surface area (Å²) in [5.41, 5.74) is 3.01. The summed E-state index contributed by atoms with van der Waals surface area (Å²) < 4.78 is 13.4. The molecular weight excluding hydrogens is 265 g/mol. The first kappa shape index (κ1) is 15.4. The summed E-state index contributed by atoms with van der Waals surface area (Å²) in [6, 6.07) is 10.7. The van der Waals surface area contributed by atoms with Crippen LogP contribution >= 0.6 is 0 Å². The Kier molecular flexibility index (Phi) is 4.91. The summed E-state index contributed by atoms with van der Waals surface area (Å²) in [5, 5.41) is 3.16. The summed E-state index contributed by atoms with van der Waals surface area (Å²) in [6.07, 6.45) is 0. The van der Waals surface area contributed by atoms with Gasteiger partial charge in [-0.15, -0.1) is 0 Å². The zero-order valence-corrected chi connectivity index (χ0v) is 13.0. The smallest absolute Gasteiger partial charge is 0.133 e. The molecule has 2 rings (SSSR count). The van der Waals surface area contributed by atoms with E-state index in [2.05, 4.69) is 25.2 Å². The van der Waals surface area contributed by atoms with E-state index in [0.29, 0.717) is 5.92 Å². The number of anilines is 2. The van der Waals surface area contributed by atoms with Crippen LogP contribution in [0.1, 0.15) is 31.0 Å². The summed E-state index contributed by atoms with van der Waals surface area (Å²) >= 11 is 0. The second-order valence-corrected chi connectivity index (χ2v) is 5.48. The highest BCUT2D eigenvalue weighted by Crippen LogP contribution is 2.25. The van der Waals surface area contributed by atoms with Crippen LogP contribution in [0, 0.1) is 5.82 Å². The molecule has 0 saturated heterocycles. The zero-order chi connectivity index (χ0) is 15.4. The molecule has 0 atom stereocenters.